The summed E-state index contributed by atoms with van der Waals surface area (Å²) in [5, 5.41) is 3.38. The van der Waals surface area contributed by atoms with Crippen molar-refractivity contribution in [3.63, 3.8) is 0 Å². The third-order valence-corrected chi connectivity index (χ3v) is 3.89. The molecule has 0 atom stereocenters. The van der Waals surface area contributed by atoms with Gasteiger partial charge in [0.15, 0.2) is 10.0 Å². The van der Waals surface area contributed by atoms with Crippen molar-refractivity contribution in [3.05, 3.63) is 40.9 Å². The Morgan fingerprint density at radius 3 is 2.47 bits per heavy atom. The van der Waals surface area contributed by atoms with Gasteiger partial charge in [0.05, 0.1) is 5.69 Å². The Balaban J connectivity index is 2.75. The van der Waals surface area contributed by atoms with Crippen LogP contribution in [0.25, 0.3) is 5.69 Å². The lowest BCUT2D eigenvalue weighted by molar-refractivity contribution is 0.551. The van der Waals surface area contributed by atoms with E-state index in [1.165, 1.54) is 24.3 Å². The van der Waals surface area contributed by atoms with E-state index >= 15 is 0 Å². The highest BCUT2D eigenvalue weighted by Crippen LogP contribution is 2.30. The Morgan fingerprint density at radius 2 is 2.00 bits per heavy atom. The van der Waals surface area contributed by atoms with E-state index in [2.05, 4.69) is 5.10 Å². The molecular weight excluding hydrogens is 298 g/mol. The van der Waals surface area contributed by atoms with Gasteiger partial charge in [-0.3, -0.25) is 0 Å². The van der Waals surface area contributed by atoms with Gasteiger partial charge in [0, 0.05) is 0 Å². The molecule has 0 spiro atoms. The molecule has 0 aliphatic heterocycles. The average Bonchev–Trinajstić information content (AvgIpc) is 2.66. The standard InChI is InChI=1S/C11H9ClF2N2O2S/c1-2-8-10(19(14,17)18)11(12)16(15-8)9-6-4-3-5-7(9)13/h3-6H,2H2,1H3. The fourth-order valence-electron chi connectivity index (χ4n) is 1.68. The summed E-state index contributed by atoms with van der Waals surface area (Å²) in [6, 6.07) is 5.53. The van der Waals surface area contributed by atoms with Gasteiger partial charge in [-0.05, 0) is 18.6 Å². The lowest BCUT2D eigenvalue weighted by Crippen LogP contribution is -2.00. The summed E-state index contributed by atoms with van der Waals surface area (Å²) >= 11 is 5.81. The molecule has 2 rings (SSSR count). The summed E-state index contributed by atoms with van der Waals surface area (Å²) < 4.78 is 49.8. The zero-order valence-corrected chi connectivity index (χ0v) is 11.3. The molecule has 1 heterocycles. The van der Waals surface area contributed by atoms with E-state index in [-0.39, 0.29) is 17.8 Å². The lowest BCUT2D eigenvalue weighted by atomic mass is 10.3. The minimum Gasteiger partial charge on any atom is -0.217 e. The third-order valence-electron chi connectivity index (χ3n) is 2.52. The van der Waals surface area contributed by atoms with Crippen LogP contribution in [0.3, 0.4) is 0 Å². The summed E-state index contributed by atoms with van der Waals surface area (Å²) in [4.78, 5) is -0.708. The number of rotatable bonds is 3. The van der Waals surface area contributed by atoms with Crippen molar-refractivity contribution >= 4 is 21.8 Å². The smallest absolute Gasteiger partial charge is 0.217 e. The van der Waals surface area contributed by atoms with E-state index in [1.807, 2.05) is 0 Å². The Morgan fingerprint density at radius 1 is 1.37 bits per heavy atom. The van der Waals surface area contributed by atoms with Crippen molar-refractivity contribution in [1.29, 1.82) is 0 Å². The van der Waals surface area contributed by atoms with Crippen LogP contribution in [0.5, 0.6) is 0 Å². The number of aromatic nitrogens is 2. The normalized spacial score (nSPS) is 11.8. The molecule has 0 aliphatic carbocycles. The van der Waals surface area contributed by atoms with Gasteiger partial charge >= 0.3 is 10.2 Å². The van der Waals surface area contributed by atoms with Gasteiger partial charge in [-0.25, -0.2) is 9.07 Å². The number of halogens is 3. The summed E-state index contributed by atoms with van der Waals surface area (Å²) in [7, 11) is -5.01. The number of hydrogen-bond donors (Lipinski definition) is 0. The van der Waals surface area contributed by atoms with Gasteiger partial charge in [0.25, 0.3) is 0 Å². The second kappa shape index (κ2) is 4.90. The van der Waals surface area contributed by atoms with Crippen LogP contribution in [0, 0.1) is 5.82 Å². The zero-order valence-electron chi connectivity index (χ0n) is 9.77. The predicted octanol–water partition coefficient (Wildman–Crippen LogP) is 2.89. The monoisotopic (exact) mass is 306 g/mol. The summed E-state index contributed by atoms with van der Waals surface area (Å²) in [6.45, 7) is 1.60. The fourth-order valence-corrected chi connectivity index (χ4v) is 2.95. The molecule has 1 aromatic heterocycles. The lowest BCUT2D eigenvalue weighted by Gasteiger charge is -2.03. The summed E-state index contributed by atoms with van der Waals surface area (Å²) in [5.41, 5.74) is -0.0900. The topological polar surface area (TPSA) is 52.0 Å². The number of benzene rings is 1. The molecule has 0 saturated carbocycles. The molecule has 0 aliphatic rings. The summed E-state index contributed by atoms with van der Waals surface area (Å²) in [5.74, 6) is -0.641. The molecule has 0 unspecified atom stereocenters. The van der Waals surface area contributed by atoms with Crippen LogP contribution in [-0.2, 0) is 16.6 Å². The predicted molar refractivity (Wildman–Crippen MR) is 66.2 cm³/mol. The highest BCUT2D eigenvalue weighted by atomic mass is 35.5. The first-order valence-electron chi connectivity index (χ1n) is 5.33. The maximum Gasteiger partial charge on any atom is 0.337 e. The molecule has 0 saturated heterocycles. The van der Waals surface area contributed by atoms with Crippen molar-refractivity contribution in [2.45, 2.75) is 18.2 Å². The van der Waals surface area contributed by atoms with Crippen molar-refractivity contribution < 1.29 is 16.7 Å². The van der Waals surface area contributed by atoms with Crippen LogP contribution in [0.1, 0.15) is 12.6 Å². The third kappa shape index (κ3) is 2.48. The first kappa shape index (κ1) is 14.0. The maximum atomic E-state index is 13.6. The second-order valence-corrected chi connectivity index (χ2v) is 5.36. The highest BCUT2D eigenvalue weighted by molar-refractivity contribution is 7.86. The zero-order chi connectivity index (χ0) is 14.2. The van der Waals surface area contributed by atoms with Gasteiger partial charge < -0.3 is 0 Å². The van der Waals surface area contributed by atoms with Gasteiger partial charge in [-0.2, -0.15) is 13.5 Å². The molecule has 2 aromatic rings. The average molecular weight is 307 g/mol. The number of nitrogens with zero attached hydrogens (tertiary/aromatic N) is 2. The van der Waals surface area contributed by atoms with Gasteiger partial charge in [0.1, 0.15) is 11.5 Å². The molecular formula is C11H9ClF2N2O2S. The molecule has 1 aromatic carbocycles. The Bertz CT molecular complexity index is 728. The quantitative estimate of drug-likeness (QED) is 0.819. The number of hydrogen-bond acceptors (Lipinski definition) is 3. The number of aryl methyl sites for hydroxylation is 1. The Hall–Kier alpha value is -1.47. The van der Waals surface area contributed by atoms with Crippen molar-refractivity contribution in [3.8, 4) is 5.69 Å². The van der Waals surface area contributed by atoms with E-state index in [0.717, 1.165) is 4.68 Å². The largest absolute Gasteiger partial charge is 0.337 e. The summed E-state index contributed by atoms with van der Waals surface area (Å²) in [6.07, 6.45) is 0.152. The molecule has 0 N–H and O–H groups in total. The molecule has 19 heavy (non-hydrogen) atoms. The molecule has 0 amide bonds. The number of para-hydroxylation sites is 1. The SMILES string of the molecule is CCc1nn(-c2ccccc2F)c(Cl)c1S(=O)(=O)F. The molecule has 102 valence electrons. The van der Waals surface area contributed by atoms with Crippen LogP contribution < -0.4 is 0 Å². The molecule has 0 radical (unpaired) electrons. The molecule has 8 heteroatoms. The Kier molecular flexibility index (Phi) is 3.60. The minimum atomic E-state index is -5.01. The van der Waals surface area contributed by atoms with Crippen LogP contribution in [0.2, 0.25) is 5.15 Å². The maximum absolute atomic E-state index is 13.6. The van der Waals surface area contributed by atoms with Crippen LogP contribution in [-0.4, -0.2) is 18.2 Å². The van der Waals surface area contributed by atoms with Gasteiger partial charge in [0.2, 0.25) is 0 Å². The fraction of sp³-hybridized carbons (Fsp3) is 0.182. The van der Waals surface area contributed by atoms with E-state index in [4.69, 9.17) is 11.6 Å². The Labute approximate surface area is 113 Å². The minimum absolute atomic E-state index is 0.0444. The van der Waals surface area contributed by atoms with E-state index in [9.17, 15) is 16.7 Å². The highest BCUT2D eigenvalue weighted by Gasteiger charge is 2.28. The molecule has 0 bridgehead atoms. The van der Waals surface area contributed by atoms with E-state index in [1.54, 1.807) is 6.92 Å². The van der Waals surface area contributed by atoms with Gasteiger partial charge in [-0.1, -0.05) is 30.7 Å². The molecule has 4 nitrogen and oxygen atoms in total. The molecule has 0 fully saturated rings. The van der Waals surface area contributed by atoms with Gasteiger partial charge in [-0.15, -0.1) is 3.89 Å². The van der Waals surface area contributed by atoms with Crippen LogP contribution in [0.4, 0.5) is 8.28 Å². The second-order valence-electron chi connectivity index (χ2n) is 3.72. The van der Waals surface area contributed by atoms with Crippen LogP contribution in [0.15, 0.2) is 29.2 Å². The van der Waals surface area contributed by atoms with Crippen molar-refractivity contribution in [2.75, 3.05) is 0 Å². The van der Waals surface area contributed by atoms with Crippen molar-refractivity contribution in [1.82, 2.24) is 9.78 Å². The first-order valence-corrected chi connectivity index (χ1v) is 7.09. The van der Waals surface area contributed by atoms with Crippen LogP contribution >= 0.6 is 11.6 Å². The van der Waals surface area contributed by atoms with E-state index < -0.39 is 26.1 Å². The van der Waals surface area contributed by atoms with E-state index in [0.29, 0.717) is 0 Å². The first-order chi connectivity index (χ1) is 8.86. The van der Waals surface area contributed by atoms with Crippen molar-refractivity contribution in [2.24, 2.45) is 0 Å².